The van der Waals surface area contributed by atoms with Gasteiger partial charge in [-0.05, 0) is 132 Å². The molecule has 2 rings (SSSR count). The van der Waals surface area contributed by atoms with Crippen LogP contribution in [0.4, 0.5) is 0 Å². The van der Waals surface area contributed by atoms with Gasteiger partial charge in [0.25, 0.3) is 0 Å². The lowest BCUT2D eigenvalue weighted by Gasteiger charge is -2.33. The summed E-state index contributed by atoms with van der Waals surface area (Å²) in [5.74, 6) is -0.955. The summed E-state index contributed by atoms with van der Waals surface area (Å²) in [6.45, 7) is 26.7. The second kappa shape index (κ2) is 34.2. The Balaban J connectivity index is 1.90. The molecule has 2 aliphatic carbocycles. The van der Waals surface area contributed by atoms with Crippen molar-refractivity contribution in [1.29, 1.82) is 0 Å². The molecular formula is C58H90N2O8. The van der Waals surface area contributed by atoms with Crippen LogP contribution >= 0.6 is 0 Å². The molecule has 0 aliphatic heterocycles. The van der Waals surface area contributed by atoms with Crippen molar-refractivity contribution in [2.45, 2.75) is 133 Å². The van der Waals surface area contributed by atoms with Crippen molar-refractivity contribution >= 4 is 17.6 Å². The number of rotatable bonds is 33. The lowest BCUT2D eigenvalue weighted by atomic mass is 9.72. The predicted molar refractivity (Wildman–Crippen MR) is 280 cm³/mol. The highest BCUT2D eigenvalue weighted by atomic mass is 16.6. The summed E-state index contributed by atoms with van der Waals surface area (Å²) in [6.07, 6.45) is 33.2. The number of carbonyl (C=O) groups is 3. The van der Waals surface area contributed by atoms with E-state index in [0.29, 0.717) is 91.8 Å². The van der Waals surface area contributed by atoms with Gasteiger partial charge >= 0.3 is 0 Å². The standard InChI is InChI=1S/C58H90N2O8/c1-45(25-27-53-49(5)22-16-29-57(53,7)8)18-14-20-47(3)42-52(61)44-51(56(63)60-32-33-65-36-37-67-40-41-68-39-38-66-35-34-64-11)24-12-13-31-59-55(62)43-48(4)21-15-19-46(2)26-28-54-50(6)23-17-30-58(54,9)10/h14-15,18-21,25-28,42-43,51H,12-13,16-17,22-24,29-41,44H2,1-11H3,(H,59,62)(H,60,63)/b20-14+,21-15+,27-25+,28-26+,45-18+,46-19+,47-42+,48-43+/t51-/m0/s1. The lowest BCUT2D eigenvalue weighted by Crippen LogP contribution is -2.34. The predicted octanol–water partition coefficient (Wildman–Crippen LogP) is 11.7. The third-order valence-electron chi connectivity index (χ3n) is 12.5. The van der Waals surface area contributed by atoms with Crippen molar-refractivity contribution in [3.8, 4) is 0 Å². The molecule has 0 saturated carbocycles. The maximum atomic E-state index is 13.4. The third-order valence-corrected chi connectivity index (χ3v) is 12.5. The van der Waals surface area contributed by atoms with Crippen LogP contribution in [0.25, 0.3) is 0 Å². The number of ether oxygens (including phenoxy) is 5. The van der Waals surface area contributed by atoms with E-state index in [9.17, 15) is 14.4 Å². The molecule has 2 aliphatic rings. The molecule has 0 spiro atoms. The van der Waals surface area contributed by atoms with Gasteiger partial charge in [0.15, 0.2) is 5.78 Å². The van der Waals surface area contributed by atoms with E-state index in [4.69, 9.17) is 23.7 Å². The fourth-order valence-corrected chi connectivity index (χ4v) is 8.52. The molecule has 0 radical (unpaired) electrons. The molecule has 0 bridgehead atoms. The van der Waals surface area contributed by atoms with E-state index in [-0.39, 0.29) is 34.8 Å². The number of carbonyl (C=O) groups excluding carboxylic acids is 3. The second-order valence-electron chi connectivity index (χ2n) is 19.7. The fourth-order valence-electron chi connectivity index (χ4n) is 8.52. The van der Waals surface area contributed by atoms with Crippen molar-refractivity contribution in [2.24, 2.45) is 16.7 Å². The maximum Gasteiger partial charge on any atom is 0.244 e. The zero-order valence-corrected chi connectivity index (χ0v) is 44.1. The summed E-state index contributed by atoms with van der Waals surface area (Å²) >= 11 is 0. The van der Waals surface area contributed by atoms with Gasteiger partial charge in [0.05, 0.1) is 59.5 Å². The molecule has 0 unspecified atom stereocenters. The smallest absolute Gasteiger partial charge is 0.244 e. The fraction of sp³-hybridized carbons (Fsp3) is 0.603. The Labute approximate surface area is 412 Å². The quantitative estimate of drug-likeness (QED) is 0.0379. The number of allylic oxidation sites excluding steroid dienone is 19. The van der Waals surface area contributed by atoms with Gasteiger partial charge in [-0.2, -0.15) is 0 Å². The topological polar surface area (TPSA) is 121 Å². The first-order valence-corrected chi connectivity index (χ1v) is 25.2. The van der Waals surface area contributed by atoms with Crippen molar-refractivity contribution in [2.75, 3.05) is 79.7 Å². The average Bonchev–Trinajstić information content (AvgIpc) is 3.26. The monoisotopic (exact) mass is 943 g/mol. The van der Waals surface area contributed by atoms with E-state index < -0.39 is 5.92 Å². The van der Waals surface area contributed by atoms with Gasteiger partial charge in [-0.25, -0.2) is 0 Å². The minimum absolute atomic E-state index is 0.0920. The summed E-state index contributed by atoms with van der Waals surface area (Å²) in [6, 6.07) is 0. The van der Waals surface area contributed by atoms with Gasteiger partial charge in [0.2, 0.25) is 11.8 Å². The minimum Gasteiger partial charge on any atom is -0.382 e. The first kappa shape index (κ1) is 59.9. The van der Waals surface area contributed by atoms with E-state index >= 15 is 0 Å². The summed E-state index contributed by atoms with van der Waals surface area (Å²) in [4.78, 5) is 39.5. The molecule has 2 amide bonds. The summed E-state index contributed by atoms with van der Waals surface area (Å²) < 4.78 is 27.0. The zero-order chi connectivity index (χ0) is 50.2. The summed E-state index contributed by atoms with van der Waals surface area (Å²) in [7, 11) is 1.64. The van der Waals surface area contributed by atoms with E-state index in [1.54, 1.807) is 19.3 Å². The Morgan fingerprint density at radius 1 is 0.588 bits per heavy atom. The largest absolute Gasteiger partial charge is 0.382 e. The van der Waals surface area contributed by atoms with E-state index in [1.807, 2.05) is 38.2 Å². The Bertz CT molecular complexity index is 1880. The van der Waals surface area contributed by atoms with Gasteiger partial charge in [-0.3, -0.25) is 14.4 Å². The molecule has 10 nitrogen and oxygen atoms in total. The van der Waals surface area contributed by atoms with Crippen LogP contribution in [0.1, 0.15) is 133 Å². The molecule has 10 heteroatoms. The van der Waals surface area contributed by atoms with E-state index in [0.717, 1.165) is 28.7 Å². The number of unbranched alkanes of at least 4 members (excludes halogenated alkanes) is 1. The van der Waals surface area contributed by atoms with Gasteiger partial charge in [-0.1, -0.05) is 117 Å². The van der Waals surface area contributed by atoms with Crippen LogP contribution < -0.4 is 10.6 Å². The summed E-state index contributed by atoms with van der Waals surface area (Å²) in [5.41, 5.74) is 10.2. The van der Waals surface area contributed by atoms with Gasteiger partial charge in [0, 0.05) is 38.6 Å². The minimum atomic E-state index is -0.512. The normalized spacial score (nSPS) is 17.9. The number of nitrogens with one attached hydrogen (secondary N) is 2. The molecule has 0 heterocycles. The van der Waals surface area contributed by atoms with Crippen LogP contribution in [0, 0.1) is 16.7 Å². The Hall–Kier alpha value is -4.19. The molecule has 0 fully saturated rings. The first-order valence-electron chi connectivity index (χ1n) is 25.2. The van der Waals surface area contributed by atoms with Crippen LogP contribution in [-0.4, -0.2) is 97.3 Å². The molecule has 0 saturated heterocycles. The third kappa shape index (κ3) is 26.5. The number of ketones is 1. The van der Waals surface area contributed by atoms with Gasteiger partial charge in [-0.15, -0.1) is 0 Å². The zero-order valence-electron chi connectivity index (χ0n) is 44.1. The molecule has 0 aromatic carbocycles. The van der Waals surface area contributed by atoms with E-state index in [2.05, 4.69) is 102 Å². The van der Waals surface area contributed by atoms with Crippen LogP contribution in [0.15, 0.2) is 117 Å². The summed E-state index contributed by atoms with van der Waals surface area (Å²) in [5, 5.41) is 5.94. The molecule has 68 heavy (non-hydrogen) atoms. The average molecular weight is 943 g/mol. The van der Waals surface area contributed by atoms with Crippen molar-refractivity contribution in [1.82, 2.24) is 10.6 Å². The number of amides is 2. The highest BCUT2D eigenvalue weighted by molar-refractivity contribution is 5.94. The van der Waals surface area contributed by atoms with Crippen LogP contribution in [0.5, 0.6) is 0 Å². The van der Waals surface area contributed by atoms with Crippen molar-refractivity contribution in [3.63, 3.8) is 0 Å². The molecule has 0 aromatic heterocycles. The number of hydrogen-bond donors (Lipinski definition) is 2. The van der Waals surface area contributed by atoms with Crippen LogP contribution in [-0.2, 0) is 38.1 Å². The first-order chi connectivity index (χ1) is 32.4. The number of methoxy groups -OCH3 is 1. The molecular weight excluding hydrogens is 853 g/mol. The van der Waals surface area contributed by atoms with Gasteiger partial charge < -0.3 is 34.3 Å². The Morgan fingerprint density at radius 2 is 1.06 bits per heavy atom. The lowest BCUT2D eigenvalue weighted by molar-refractivity contribution is -0.128. The van der Waals surface area contributed by atoms with Gasteiger partial charge in [0.1, 0.15) is 0 Å². The van der Waals surface area contributed by atoms with Crippen LogP contribution in [0.3, 0.4) is 0 Å². The molecule has 0 aromatic rings. The molecule has 380 valence electrons. The van der Waals surface area contributed by atoms with Crippen molar-refractivity contribution < 1.29 is 38.1 Å². The molecule has 1 atom stereocenters. The van der Waals surface area contributed by atoms with Crippen LogP contribution in [0.2, 0.25) is 0 Å². The van der Waals surface area contributed by atoms with Crippen molar-refractivity contribution in [3.05, 3.63) is 117 Å². The Kier molecular flexibility index (Phi) is 30.1. The number of hydrogen-bond acceptors (Lipinski definition) is 8. The highest BCUT2D eigenvalue weighted by Gasteiger charge is 2.27. The second-order valence-corrected chi connectivity index (χ2v) is 19.7. The highest BCUT2D eigenvalue weighted by Crippen LogP contribution is 2.42. The Morgan fingerprint density at radius 3 is 1.54 bits per heavy atom. The van der Waals surface area contributed by atoms with E-state index in [1.165, 1.54) is 54.4 Å². The SMILES string of the molecule is COCCOCCOCCOCCOCCNC(=O)[C@@H](CCCCNC(=O)/C=C(C)/C=C/C=C(C)/C=C/C1=C(C)CCCC1(C)C)CC(=O)/C=C(C)/C=C/C=C(C)/C=C/C1=C(C)CCCC1(C)C. The molecule has 2 N–H and O–H groups in total. The maximum absolute atomic E-state index is 13.4.